The molecule has 0 heterocycles. The minimum atomic E-state index is -0.685. The number of hydrogen-bond acceptors (Lipinski definition) is 2. The molecule has 0 bridgehead atoms. The number of hydrogen-bond donors (Lipinski definition) is 0. The fourth-order valence-corrected chi connectivity index (χ4v) is 1.45. The highest BCUT2D eigenvalue weighted by Gasteiger charge is 2.21. The fraction of sp³-hybridized carbons (Fsp3) is 0.100. The fourth-order valence-electron chi connectivity index (χ4n) is 1.45. The Balaban J connectivity index is 2.50. The van der Waals surface area contributed by atoms with Gasteiger partial charge >= 0.3 is 0 Å². The van der Waals surface area contributed by atoms with Gasteiger partial charge in [0.05, 0.1) is 0 Å². The van der Waals surface area contributed by atoms with Gasteiger partial charge in [-0.3, -0.25) is 4.79 Å². The quantitative estimate of drug-likeness (QED) is 0.376. The van der Waals surface area contributed by atoms with Crippen molar-refractivity contribution in [2.75, 3.05) is 0 Å². The minimum absolute atomic E-state index is 0.138. The molecule has 0 amide bonds. The summed E-state index contributed by atoms with van der Waals surface area (Å²) in [5, 5.41) is 3.41. The molecule has 1 aromatic carbocycles. The Bertz CT molecular complexity index is 458. The average molecular weight is 185 g/mol. The van der Waals surface area contributed by atoms with Crippen molar-refractivity contribution >= 4 is 11.9 Å². The second-order valence-electron chi connectivity index (χ2n) is 2.96. The molecule has 1 aliphatic carbocycles. The Morgan fingerprint density at radius 3 is 2.93 bits per heavy atom. The van der Waals surface area contributed by atoms with E-state index in [0.29, 0.717) is 5.56 Å². The highest BCUT2D eigenvalue weighted by molar-refractivity contribution is 6.06. The predicted molar refractivity (Wildman–Crippen MR) is 52.7 cm³/mol. The van der Waals surface area contributed by atoms with Crippen LogP contribution in [0, 0.1) is 0 Å². The van der Waals surface area contributed by atoms with Crippen LogP contribution in [-0.4, -0.2) is 11.8 Å². The summed E-state index contributed by atoms with van der Waals surface area (Å²) in [5.74, 6) is -0.138. The third-order valence-corrected chi connectivity index (χ3v) is 2.13. The number of carbonyl (C=O) groups is 1. The first-order valence-electron chi connectivity index (χ1n) is 4.18. The van der Waals surface area contributed by atoms with E-state index in [2.05, 4.69) is 10.0 Å². The molecule has 0 N–H and O–H groups in total. The second-order valence-corrected chi connectivity index (χ2v) is 2.96. The Morgan fingerprint density at radius 2 is 2.14 bits per heavy atom. The maximum atomic E-state index is 11.7. The summed E-state index contributed by atoms with van der Waals surface area (Å²) < 4.78 is 0. The van der Waals surface area contributed by atoms with Crippen LogP contribution in [0.3, 0.4) is 0 Å². The van der Waals surface area contributed by atoms with Crippen molar-refractivity contribution in [3.8, 4) is 0 Å². The summed E-state index contributed by atoms with van der Waals surface area (Å²) >= 11 is 0. The molecule has 0 aromatic heterocycles. The molecule has 2 rings (SSSR count). The van der Waals surface area contributed by atoms with Gasteiger partial charge in [-0.05, 0) is 11.1 Å². The van der Waals surface area contributed by atoms with E-state index < -0.39 is 6.04 Å². The zero-order valence-corrected chi connectivity index (χ0v) is 7.29. The number of azide groups is 1. The number of carbonyl (C=O) groups excluding carboxylic acids is 1. The van der Waals surface area contributed by atoms with Gasteiger partial charge in [0, 0.05) is 10.5 Å². The zero-order chi connectivity index (χ0) is 9.97. The number of benzene rings is 1. The number of rotatable bonds is 1. The molecule has 0 saturated carbocycles. The highest BCUT2D eigenvalue weighted by Crippen LogP contribution is 2.20. The van der Waals surface area contributed by atoms with Crippen molar-refractivity contribution < 1.29 is 4.79 Å². The first kappa shape index (κ1) is 8.53. The van der Waals surface area contributed by atoms with Gasteiger partial charge in [-0.15, -0.1) is 0 Å². The van der Waals surface area contributed by atoms with Gasteiger partial charge in [0.25, 0.3) is 0 Å². The van der Waals surface area contributed by atoms with Gasteiger partial charge in [-0.1, -0.05) is 41.5 Å². The molecule has 0 radical (unpaired) electrons. The van der Waals surface area contributed by atoms with Crippen LogP contribution in [0.2, 0.25) is 0 Å². The van der Waals surface area contributed by atoms with E-state index in [-0.39, 0.29) is 5.78 Å². The maximum Gasteiger partial charge on any atom is 0.176 e. The lowest BCUT2D eigenvalue weighted by Gasteiger charge is -2.13. The number of fused-ring (bicyclic) bond motifs is 1. The third-order valence-electron chi connectivity index (χ3n) is 2.13. The van der Waals surface area contributed by atoms with E-state index >= 15 is 0 Å². The van der Waals surface area contributed by atoms with Crippen LogP contribution in [0.15, 0.2) is 35.5 Å². The molecule has 0 aliphatic heterocycles. The Labute approximate surface area is 80.5 Å². The summed E-state index contributed by atoms with van der Waals surface area (Å²) in [7, 11) is 0. The van der Waals surface area contributed by atoms with E-state index in [1.54, 1.807) is 24.3 Å². The van der Waals surface area contributed by atoms with Crippen LogP contribution in [0.4, 0.5) is 0 Å². The van der Waals surface area contributed by atoms with Crippen LogP contribution >= 0.6 is 0 Å². The number of Topliss-reactive ketones (excluding diaryl/α,β-unsaturated/α-hetero) is 1. The van der Waals surface area contributed by atoms with Gasteiger partial charge in [-0.25, -0.2) is 0 Å². The van der Waals surface area contributed by atoms with Gasteiger partial charge < -0.3 is 0 Å². The topological polar surface area (TPSA) is 65.8 Å². The van der Waals surface area contributed by atoms with Crippen LogP contribution in [0.25, 0.3) is 16.5 Å². The van der Waals surface area contributed by atoms with E-state index in [1.807, 2.05) is 12.1 Å². The largest absolute Gasteiger partial charge is 0.293 e. The Hall–Kier alpha value is -2.06. The SMILES string of the molecule is [N-]=[N+]=NC1C=Cc2ccccc2C1=O. The lowest BCUT2D eigenvalue weighted by Crippen LogP contribution is -2.19. The zero-order valence-electron chi connectivity index (χ0n) is 7.29. The smallest absolute Gasteiger partial charge is 0.176 e. The molecule has 0 fully saturated rings. The third kappa shape index (κ3) is 1.28. The molecule has 1 aromatic rings. The van der Waals surface area contributed by atoms with Crippen molar-refractivity contribution in [2.45, 2.75) is 6.04 Å². The van der Waals surface area contributed by atoms with Crippen molar-refractivity contribution in [3.05, 3.63) is 51.9 Å². The monoisotopic (exact) mass is 185 g/mol. The van der Waals surface area contributed by atoms with E-state index in [4.69, 9.17) is 5.53 Å². The van der Waals surface area contributed by atoms with E-state index in [9.17, 15) is 4.79 Å². The molecule has 14 heavy (non-hydrogen) atoms. The van der Waals surface area contributed by atoms with Crippen molar-refractivity contribution in [1.82, 2.24) is 0 Å². The molecular formula is C10H7N3O. The van der Waals surface area contributed by atoms with Crippen LogP contribution in [0.1, 0.15) is 15.9 Å². The average Bonchev–Trinajstić information content (AvgIpc) is 2.23. The lowest BCUT2D eigenvalue weighted by molar-refractivity contribution is 0.0977. The summed E-state index contributed by atoms with van der Waals surface area (Å²) in [6.07, 6.45) is 3.42. The first-order chi connectivity index (χ1) is 6.83. The van der Waals surface area contributed by atoms with Gasteiger partial charge in [0.15, 0.2) is 5.78 Å². The molecule has 0 spiro atoms. The summed E-state index contributed by atoms with van der Waals surface area (Å²) in [6.45, 7) is 0. The Morgan fingerprint density at radius 1 is 1.36 bits per heavy atom. The molecule has 4 nitrogen and oxygen atoms in total. The predicted octanol–water partition coefficient (Wildman–Crippen LogP) is 2.58. The molecule has 1 unspecified atom stereocenters. The lowest BCUT2D eigenvalue weighted by atomic mass is 9.93. The Kier molecular flexibility index (Phi) is 2.05. The second kappa shape index (κ2) is 3.36. The molecule has 1 atom stereocenters. The summed E-state index contributed by atoms with van der Waals surface area (Å²) in [4.78, 5) is 14.3. The van der Waals surface area contributed by atoms with Crippen molar-refractivity contribution in [3.63, 3.8) is 0 Å². The van der Waals surface area contributed by atoms with E-state index in [0.717, 1.165) is 5.56 Å². The minimum Gasteiger partial charge on any atom is -0.293 e. The first-order valence-corrected chi connectivity index (χ1v) is 4.18. The van der Waals surface area contributed by atoms with Gasteiger partial charge in [0.2, 0.25) is 0 Å². The van der Waals surface area contributed by atoms with E-state index in [1.165, 1.54) is 0 Å². The van der Waals surface area contributed by atoms with Crippen molar-refractivity contribution in [1.29, 1.82) is 0 Å². The number of ketones is 1. The van der Waals surface area contributed by atoms with Gasteiger partial charge in [0.1, 0.15) is 6.04 Å². The molecule has 0 saturated heterocycles. The number of nitrogens with zero attached hydrogens (tertiary/aromatic N) is 3. The van der Waals surface area contributed by atoms with Crippen molar-refractivity contribution in [2.24, 2.45) is 5.11 Å². The normalized spacial score (nSPS) is 18.6. The summed E-state index contributed by atoms with van der Waals surface area (Å²) in [5.41, 5.74) is 9.75. The molecular weight excluding hydrogens is 178 g/mol. The van der Waals surface area contributed by atoms with Crippen LogP contribution in [0.5, 0.6) is 0 Å². The molecule has 1 aliphatic rings. The standard InChI is InChI=1S/C10H7N3O/c11-13-12-9-6-5-7-3-1-2-4-8(7)10(9)14/h1-6,9H. The maximum absolute atomic E-state index is 11.7. The molecule has 68 valence electrons. The van der Waals surface area contributed by atoms with Crippen LogP contribution < -0.4 is 0 Å². The van der Waals surface area contributed by atoms with Crippen LogP contribution in [-0.2, 0) is 0 Å². The summed E-state index contributed by atoms with van der Waals surface area (Å²) in [6, 6.07) is 6.57. The molecule has 4 heteroatoms. The highest BCUT2D eigenvalue weighted by atomic mass is 16.1. The van der Waals surface area contributed by atoms with Gasteiger partial charge in [-0.2, -0.15) is 0 Å².